The summed E-state index contributed by atoms with van der Waals surface area (Å²) in [5.41, 5.74) is 8.17. The molecule has 1 saturated heterocycles. The standard InChI is InChI=1S/C18H26N4O2/c19-11-14-5-8-21(9-6-14)17(23)12-20-18(24)22-10-7-15-3-1-2-4-16(15)13-22/h1-4,14H,5-13,19H2,(H,20,24). The van der Waals surface area contributed by atoms with Crippen molar-refractivity contribution in [1.29, 1.82) is 0 Å². The summed E-state index contributed by atoms with van der Waals surface area (Å²) in [6.45, 7) is 3.55. The van der Waals surface area contributed by atoms with Crippen LogP contribution in [0, 0.1) is 5.92 Å². The van der Waals surface area contributed by atoms with Gasteiger partial charge in [-0.25, -0.2) is 4.79 Å². The number of benzene rings is 1. The number of carbonyl (C=O) groups is 2. The summed E-state index contributed by atoms with van der Waals surface area (Å²) in [5, 5.41) is 2.78. The first-order valence-corrected chi connectivity index (χ1v) is 8.74. The molecule has 3 amide bonds. The van der Waals surface area contributed by atoms with Crippen molar-refractivity contribution < 1.29 is 9.59 Å². The number of hydrogen-bond donors (Lipinski definition) is 2. The molecule has 1 fully saturated rings. The number of rotatable bonds is 3. The van der Waals surface area contributed by atoms with Gasteiger partial charge >= 0.3 is 6.03 Å². The van der Waals surface area contributed by atoms with E-state index in [1.54, 1.807) is 4.90 Å². The minimum Gasteiger partial charge on any atom is -0.341 e. The maximum Gasteiger partial charge on any atom is 0.318 e. The first-order chi connectivity index (χ1) is 11.7. The van der Waals surface area contributed by atoms with E-state index in [0.29, 0.717) is 25.6 Å². The lowest BCUT2D eigenvalue weighted by Crippen LogP contribution is -2.48. The molecule has 0 spiro atoms. The zero-order valence-electron chi connectivity index (χ0n) is 14.0. The van der Waals surface area contributed by atoms with E-state index in [2.05, 4.69) is 17.4 Å². The van der Waals surface area contributed by atoms with E-state index >= 15 is 0 Å². The van der Waals surface area contributed by atoms with Crippen LogP contribution in [-0.4, -0.2) is 54.5 Å². The topological polar surface area (TPSA) is 78.7 Å². The van der Waals surface area contributed by atoms with Crippen molar-refractivity contribution in [3.63, 3.8) is 0 Å². The molecule has 0 unspecified atom stereocenters. The Labute approximate surface area is 143 Å². The maximum atomic E-state index is 12.3. The number of likely N-dealkylation sites (tertiary alicyclic amines) is 1. The van der Waals surface area contributed by atoms with Gasteiger partial charge in [0.05, 0.1) is 6.54 Å². The highest BCUT2D eigenvalue weighted by molar-refractivity contribution is 5.84. The van der Waals surface area contributed by atoms with E-state index in [1.807, 2.05) is 17.0 Å². The number of fused-ring (bicyclic) bond motifs is 1. The second-order valence-electron chi connectivity index (χ2n) is 6.66. The fourth-order valence-corrected chi connectivity index (χ4v) is 3.46. The van der Waals surface area contributed by atoms with Crippen LogP contribution in [0.15, 0.2) is 24.3 Å². The second kappa shape index (κ2) is 7.66. The van der Waals surface area contributed by atoms with Crippen molar-refractivity contribution >= 4 is 11.9 Å². The quantitative estimate of drug-likeness (QED) is 0.866. The predicted octanol–water partition coefficient (Wildman–Crippen LogP) is 0.952. The molecule has 3 rings (SSSR count). The van der Waals surface area contributed by atoms with Crippen LogP contribution in [0.1, 0.15) is 24.0 Å². The van der Waals surface area contributed by atoms with Crippen LogP contribution >= 0.6 is 0 Å². The molecule has 0 saturated carbocycles. The number of nitrogens with two attached hydrogens (primary N) is 1. The Morgan fingerprint density at radius 1 is 1.08 bits per heavy atom. The average Bonchev–Trinajstić information content (AvgIpc) is 2.65. The van der Waals surface area contributed by atoms with E-state index < -0.39 is 0 Å². The third-order valence-electron chi connectivity index (χ3n) is 5.11. The zero-order valence-corrected chi connectivity index (χ0v) is 14.0. The second-order valence-corrected chi connectivity index (χ2v) is 6.66. The normalized spacial score (nSPS) is 18.2. The van der Waals surface area contributed by atoms with Gasteiger partial charge in [-0.3, -0.25) is 4.79 Å². The molecule has 2 aliphatic heterocycles. The lowest BCUT2D eigenvalue weighted by atomic mass is 9.97. The molecule has 0 radical (unpaired) electrons. The molecule has 0 atom stereocenters. The summed E-state index contributed by atoms with van der Waals surface area (Å²) in [7, 11) is 0. The minimum absolute atomic E-state index is 0.00349. The Bertz CT molecular complexity index is 596. The van der Waals surface area contributed by atoms with Gasteiger partial charge in [0.15, 0.2) is 0 Å². The SMILES string of the molecule is NCC1CCN(C(=O)CNC(=O)N2CCc3ccccc3C2)CC1. The maximum absolute atomic E-state index is 12.3. The summed E-state index contributed by atoms with van der Waals surface area (Å²) in [4.78, 5) is 28.2. The number of hydrogen-bond acceptors (Lipinski definition) is 3. The molecule has 1 aromatic carbocycles. The van der Waals surface area contributed by atoms with Crippen LogP contribution in [-0.2, 0) is 17.8 Å². The summed E-state index contributed by atoms with van der Waals surface area (Å²) in [6.07, 6.45) is 2.78. The Morgan fingerprint density at radius 2 is 1.79 bits per heavy atom. The largest absolute Gasteiger partial charge is 0.341 e. The van der Waals surface area contributed by atoms with Crippen LogP contribution in [0.4, 0.5) is 4.79 Å². The number of nitrogens with one attached hydrogen (secondary N) is 1. The highest BCUT2D eigenvalue weighted by Gasteiger charge is 2.24. The number of carbonyl (C=O) groups excluding carboxylic acids is 2. The van der Waals surface area contributed by atoms with Gasteiger partial charge in [0.2, 0.25) is 5.91 Å². The van der Waals surface area contributed by atoms with Gasteiger partial charge in [-0.2, -0.15) is 0 Å². The Balaban J connectivity index is 1.45. The number of nitrogens with zero attached hydrogens (tertiary/aromatic N) is 2. The highest BCUT2D eigenvalue weighted by Crippen LogP contribution is 2.18. The van der Waals surface area contributed by atoms with E-state index in [4.69, 9.17) is 5.73 Å². The van der Waals surface area contributed by atoms with Gasteiger partial charge in [-0.1, -0.05) is 24.3 Å². The van der Waals surface area contributed by atoms with Crippen molar-refractivity contribution in [2.45, 2.75) is 25.8 Å². The molecule has 2 aliphatic rings. The van der Waals surface area contributed by atoms with Crippen molar-refractivity contribution in [1.82, 2.24) is 15.1 Å². The predicted molar refractivity (Wildman–Crippen MR) is 92.3 cm³/mol. The molecular formula is C18H26N4O2. The first kappa shape index (κ1) is 16.8. The van der Waals surface area contributed by atoms with Gasteiger partial charge in [-0.05, 0) is 42.9 Å². The fraction of sp³-hybridized carbons (Fsp3) is 0.556. The molecule has 24 heavy (non-hydrogen) atoms. The summed E-state index contributed by atoms with van der Waals surface area (Å²) in [6, 6.07) is 8.03. The lowest BCUT2D eigenvalue weighted by Gasteiger charge is -2.32. The molecule has 2 heterocycles. The third kappa shape index (κ3) is 3.87. The number of amides is 3. The monoisotopic (exact) mass is 330 g/mol. The minimum atomic E-state index is -0.158. The van der Waals surface area contributed by atoms with Gasteiger partial charge in [0, 0.05) is 26.2 Å². The summed E-state index contributed by atoms with van der Waals surface area (Å²) < 4.78 is 0. The summed E-state index contributed by atoms with van der Waals surface area (Å²) in [5.74, 6) is 0.522. The van der Waals surface area contributed by atoms with Crippen LogP contribution < -0.4 is 11.1 Å². The zero-order chi connectivity index (χ0) is 16.9. The Hall–Kier alpha value is -2.08. The van der Waals surface area contributed by atoms with Crippen molar-refractivity contribution in [3.8, 4) is 0 Å². The molecule has 1 aromatic rings. The smallest absolute Gasteiger partial charge is 0.318 e. The number of piperidine rings is 1. The fourth-order valence-electron chi connectivity index (χ4n) is 3.46. The third-order valence-corrected chi connectivity index (χ3v) is 5.11. The van der Waals surface area contributed by atoms with Crippen LogP contribution in [0.2, 0.25) is 0 Å². The highest BCUT2D eigenvalue weighted by atomic mass is 16.2. The van der Waals surface area contributed by atoms with E-state index in [1.165, 1.54) is 11.1 Å². The van der Waals surface area contributed by atoms with Crippen LogP contribution in [0.25, 0.3) is 0 Å². The molecule has 3 N–H and O–H groups in total. The molecule has 130 valence electrons. The van der Waals surface area contributed by atoms with E-state index in [0.717, 1.165) is 32.4 Å². The van der Waals surface area contributed by atoms with Gasteiger partial charge in [0.25, 0.3) is 0 Å². The average molecular weight is 330 g/mol. The summed E-state index contributed by atoms with van der Waals surface area (Å²) >= 11 is 0. The molecular weight excluding hydrogens is 304 g/mol. The molecule has 0 bridgehead atoms. The first-order valence-electron chi connectivity index (χ1n) is 8.74. The van der Waals surface area contributed by atoms with Crippen molar-refractivity contribution in [2.75, 3.05) is 32.7 Å². The van der Waals surface area contributed by atoms with Crippen molar-refractivity contribution in [2.24, 2.45) is 11.7 Å². The molecule has 0 aromatic heterocycles. The van der Waals surface area contributed by atoms with E-state index in [9.17, 15) is 9.59 Å². The van der Waals surface area contributed by atoms with Gasteiger partial charge in [-0.15, -0.1) is 0 Å². The Morgan fingerprint density at radius 3 is 2.50 bits per heavy atom. The van der Waals surface area contributed by atoms with Gasteiger partial charge < -0.3 is 20.9 Å². The van der Waals surface area contributed by atoms with Crippen LogP contribution in [0.5, 0.6) is 0 Å². The van der Waals surface area contributed by atoms with Gasteiger partial charge in [0.1, 0.15) is 0 Å². The van der Waals surface area contributed by atoms with E-state index in [-0.39, 0.29) is 18.5 Å². The molecule has 0 aliphatic carbocycles. The lowest BCUT2D eigenvalue weighted by molar-refractivity contribution is -0.131. The van der Waals surface area contributed by atoms with Crippen LogP contribution in [0.3, 0.4) is 0 Å². The molecule has 6 nitrogen and oxygen atoms in total. The number of urea groups is 1. The molecule has 6 heteroatoms. The Kier molecular flexibility index (Phi) is 5.35. The van der Waals surface area contributed by atoms with Crippen molar-refractivity contribution in [3.05, 3.63) is 35.4 Å².